The van der Waals surface area contributed by atoms with Crippen LogP contribution in [0.3, 0.4) is 0 Å². The molecule has 0 bridgehead atoms. The molecule has 0 unspecified atom stereocenters. The fourth-order valence-electron chi connectivity index (χ4n) is 1.21. The topological polar surface area (TPSA) is 63.3 Å². The van der Waals surface area contributed by atoms with Gasteiger partial charge >= 0.3 is 5.97 Å². The smallest absolute Gasteiger partial charge is 0.307 e. The van der Waals surface area contributed by atoms with E-state index in [4.69, 9.17) is 10.8 Å². The number of carbonyl (C=O) groups is 1. The average Bonchev–Trinajstić information content (AvgIpc) is 2.15. The zero-order chi connectivity index (χ0) is 7.56. The van der Waals surface area contributed by atoms with Crippen molar-refractivity contribution in [3.05, 3.63) is 11.3 Å². The molecule has 0 saturated heterocycles. The van der Waals surface area contributed by atoms with Gasteiger partial charge in [-0.15, -0.1) is 0 Å². The molecule has 56 valence electrons. The van der Waals surface area contributed by atoms with Gasteiger partial charge in [0.05, 0.1) is 6.42 Å². The number of hydrogen-bond acceptors (Lipinski definition) is 2. The highest BCUT2D eigenvalue weighted by Gasteiger charge is 2.13. The van der Waals surface area contributed by atoms with E-state index in [-0.39, 0.29) is 6.42 Å². The highest BCUT2D eigenvalue weighted by atomic mass is 16.4. The van der Waals surface area contributed by atoms with Crippen LogP contribution in [0.15, 0.2) is 11.3 Å². The molecule has 0 saturated carbocycles. The van der Waals surface area contributed by atoms with Gasteiger partial charge in [0.15, 0.2) is 0 Å². The SMILES string of the molecule is NC1=C(CC(=O)O)CCC1. The number of nitrogens with two attached hydrogens (primary N) is 1. The molecule has 0 spiro atoms. The summed E-state index contributed by atoms with van der Waals surface area (Å²) in [5, 5.41) is 8.40. The van der Waals surface area contributed by atoms with Crippen LogP contribution in [0.2, 0.25) is 0 Å². The Morgan fingerprint density at radius 2 is 2.30 bits per heavy atom. The highest BCUT2D eigenvalue weighted by Crippen LogP contribution is 2.24. The van der Waals surface area contributed by atoms with Crippen molar-refractivity contribution in [3.8, 4) is 0 Å². The summed E-state index contributed by atoms with van der Waals surface area (Å²) in [4.78, 5) is 10.2. The fraction of sp³-hybridized carbons (Fsp3) is 0.571. The minimum atomic E-state index is -0.778. The summed E-state index contributed by atoms with van der Waals surface area (Å²) >= 11 is 0. The van der Waals surface area contributed by atoms with Crippen LogP contribution in [0.25, 0.3) is 0 Å². The van der Waals surface area contributed by atoms with Crippen LogP contribution in [-0.2, 0) is 4.79 Å². The van der Waals surface area contributed by atoms with Crippen molar-refractivity contribution in [1.29, 1.82) is 0 Å². The molecule has 0 aromatic rings. The lowest BCUT2D eigenvalue weighted by molar-refractivity contribution is -0.136. The summed E-state index contributed by atoms with van der Waals surface area (Å²) in [7, 11) is 0. The van der Waals surface area contributed by atoms with Gasteiger partial charge in [-0.05, 0) is 24.8 Å². The van der Waals surface area contributed by atoms with E-state index in [1.165, 1.54) is 0 Å². The molecule has 3 nitrogen and oxygen atoms in total. The molecule has 0 radical (unpaired) electrons. The van der Waals surface area contributed by atoms with Gasteiger partial charge in [0.2, 0.25) is 0 Å². The van der Waals surface area contributed by atoms with E-state index < -0.39 is 5.97 Å². The van der Waals surface area contributed by atoms with Crippen LogP contribution in [0.4, 0.5) is 0 Å². The van der Waals surface area contributed by atoms with Crippen molar-refractivity contribution in [2.45, 2.75) is 25.7 Å². The summed E-state index contributed by atoms with van der Waals surface area (Å²) in [6, 6.07) is 0. The van der Waals surface area contributed by atoms with Crippen LogP contribution in [0, 0.1) is 0 Å². The first-order chi connectivity index (χ1) is 4.70. The van der Waals surface area contributed by atoms with Crippen LogP contribution < -0.4 is 5.73 Å². The number of carboxylic acid groups (broad SMARTS) is 1. The van der Waals surface area contributed by atoms with Crippen LogP contribution in [0.5, 0.6) is 0 Å². The molecule has 1 rings (SSSR count). The molecule has 1 aliphatic carbocycles. The highest BCUT2D eigenvalue weighted by molar-refractivity contribution is 5.70. The molecule has 0 aromatic carbocycles. The Labute approximate surface area is 59.5 Å². The quantitative estimate of drug-likeness (QED) is 0.599. The third-order valence-corrected chi connectivity index (χ3v) is 1.74. The fourth-order valence-corrected chi connectivity index (χ4v) is 1.21. The average molecular weight is 141 g/mol. The van der Waals surface area contributed by atoms with Gasteiger partial charge in [0.1, 0.15) is 0 Å². The summed E-state index contributed by atoms with van der Waals surface area (Å²) in [5.74, 6) is -0.778. The molecule has 1 aliphatic rings. The Morgan fingerprint density at radius 3 is 2.70 bits per heavy atom. The van der Waals surface area contributed by atoms with Crippen LogP contribution in [-0.4, -0.2) is 11.1 Å². The second-order valence-corrected chi connectivity index (χ2v) is 2.55. The molecule has 0 aromatic heterocycles. The molecule has 3 heteroatoms. The normalized spacial score (nSPS) is 18.0. The zero-order valence-corrected chi connectivity index (χ0v) is 5.76. The number of allylic oxidation sites excluding steroid dienone is 1. The standard InChI is InChI=1S/C7H11NO2/c8-6-3-1-2-5(6)4-7(9)10/h1-4,8H2,(H,9,10). The Balaban J connectivity index is 2.54. The molecule has 0 amide bonds. The van der Waals surface area contributed by atoms with E-state index in [1.54, 1.807) is 0 Å². The van der Waals surface area contributed by atoms with Crippen molar-refractivity contribution < 1.29 is 9.90 Å². The summed E-state index contributed by atoms with van der Waals surface area (Å²) in [6.45, 7) is 0. The molecule has 0 atom stereocenters. The van der Waals surface area contributed by atoms with Crippen molar-refractivity contribution in [2.75, 3.05) is 0 Å². The monoisotopic (exact) mass is 141 g/mol. The Kier molecular flexibility index (Phi) is 1.94. The molecule has 0 heterocycles. The number of hydrogen-bond donors (Lipinski definition) is 2. The van der Waals surface area contributed by atoms with Gasteiger partial charge < -0.3 is 10.8 Å². The zero-order valence-electron chi connectivity index (χ0n) is 5.76. The van der Waals surface area contributed by atoms with Gasteiger partial charge in [-0.2, -0.15) is 0 Å². The third kappa shape index (κ3) is 1.50. The van der Waals surface area contributed by atoms with E-state index in [0.29, 0.717) is 0 Å². The lowest BCUT2D eigenvalue weighted by Gasteiger charge is -1.96. The Bertz CT molecular complexity index is 184. The summed E-state index contributed by atoms with van der Waals surface area (Å²) < 4.78 is 0. The maximum absolute atomic E-state index is 10.2. The molecular weight excluding hydrogens is 130 g/mol. The van der Waals surface area contributed by atoms with Gasteiger partial charge in [-0.25, -0.2) is 0 Å². The molecule has 3 N–H and O–H groups in total. The van der Waals surface area contributed by atoms with E-state index in [9.17, 15) is 4.79 Å². The van der Waals surface area contributed by atoms with Gasteiger partial charge in [-0.1, -0.05) is 0 Å². The van der Waals surface area contributed by atoms with Crippen molar-refractivity contribution in [1.82, 2.24) is 0 Å². The first-order valence-corrected chi connectivity index (χ1v) is 3.38. The minimum Gasteiger partial charge on any atom is -0.481 e. The van der Waals surface area contributed by atoms with E-state index >= 15 is 0 Å². The number of aliphatic carboxylic acids is 1. The van der Waals surface area contributed by atoms with Crippen LogP contribution in [0.1, 0.15) is 25.7 Å². The first-order valence-electron chi connectivity index (χ1n) is 3.38. The Morgan fingerprint density at radius 1 is 1.60 bits per heavy atom. The summed E-state index contributed by atoms with van der Waals surface area (Å²) in [6.07, 6.45) is 2.90. The first kappa shape index (κ1) is 7.12. The van der Waals surface area contributed by atoms with Crippen molar-refractivity contribution >= 4 is 5.97 Å². The summed E-state index contributed by atoms with van der Waals surface area (Å²) in [5.41, 5.74) is 7.26. The largest absolute Gasteiger partial charge is 0.481 e. The van der Waals surface area contributed by atoms with Gasteiger partial charge in [-0.3, -0.25) is 4.79 Å². The molecule has 0 aliphatic heterocycles. The predicted octanol–water partition coefficient (Wildman–Crippen LogP) is 0.858. The maximum Gasteiger partial charge on any atom is 0.307 e. The minimum absolute atomic E-state index is 0.131. The predicted molar refractivity (Wildman–Crippen MR) is 37.3 cm³/mol. The second kappa shape index (κ2) is 2.73. The van der Waals surface area contributed by atoms with E-state index in [1.807, 2.05) is 0 Å². The Hall–Kier alpha value is -0.990. The van der Waals surface area contributed by atoms with E-state index in [2.05, 4.69) is 0 Å². The maximum atomic E-state index is 10.2. The van der Waals surface area contributed by atoms with Crippen molar-refractivity contribution in [3.63, 3.8) is 0 Å². The lowest BCUT2D eigenvalue weighted by atomic mass is 10.1. The molecular formula is C7H11NO2. The number of carboxylic acids is 1. The molecule has 0 fully saturated rings. The number of rotatable bonds is 2. The van der Waals surface area contributed by atoms with Crippen molar-refractivity contribution in [2.24, 2.45) is 5.73 Å². The third-order valence-electron chi connectivity index (χ3n) is 1.74. The molecule has 10 heavy (non-hydrogen) atoms. The van der Waals surface area contributed by atoms with Gasteiger partial charge in [0.25, 0.3) is 0 Å². The van der Waals surface area contributed by atoms with Gasteiger partial charge in [0, 0.05) is 5.70 Å². The second-order valence-electron chi connectivity index (χ2n) is 2.55. The lowest BCUT2D eigenvalue weighted by Crippen LogP contribution is -2.01. The van der Waals surface area contributed by atoms with E-state index in [0.717, 1.165) is 30.5 Å². The van der Waals surface area contributed by atoms with Crippen LogP contribution >= 0.6 is 0 Å².